The van der Waals surface area contributed by atoms with E-state index >= 15 is 0 Å². The van der Waals surface area contributed by atoms with Crippen LogP contribution in [-0.2, 0) is 14.3 Å². The molecule has 3 saturated carbocycles. The third kappa shape index (κ3) is 3.34. The Balaban J connectivity index is 1.54. The van der Waals surface area contributed by atoms with Gasteiger partial charge in [-0.3, -0.25) is 4.79 Å². The molecule has 5 aliphatic rings. The second-order valence-electron chi connectivity index (χ2n) is 15.4. The summed E-state index contributed by atoms with van der Waals surface area (Å²) in [6, 6.07) is 0. The molecule has 0 aromatic carbocycles. The highest BCUT2D eigenvalue weighted by molar-refractivity contribution is 5.66. The largest absolute Gasteiger partial charge is 0.462 e. The number of fused-ring (bicyclic) bond motifs is 6. The molecule has 0 aromatic heterocycles. The van der Waals surface area contributed by atoms with Crippen LogP contribution in [0.5, 0.6) is 0 Å². The van der Waals surface area contributed by atoms with Crippen molar-refractivity contribution in [2.24, 2.45) is 44.3 Å². The van der Waals surface area contributed by atoms with E-state index in [1.165, 1.54) is 51.2 Å². The number of hydrogen-bond donors (Lipinski definition) is 0. The Labute approximate surface area is 214 Å². The Kier molecular flexibility index (Phi) is 5.62. The molecule has 196 valence electrons. The third-order valence-electron chi connectivity index (χ3n) is 13.3. The first kappa shape index (κ1) is 25.5. The SMILES string of the molecule is CC(=O)O[C@H]1CC[C@]2(C)C3=C(CCC2C1(C)C)[C@@]1(C)CC[C@@]2(C)CC[C@@](C)(C=O)C[C@H]2[C@]1(C)CC3. The highest BCUT2D eigenvalue weighted by atomic mass is 16.5. The standard InChI is InChI=1S/C32H50O3/c1-21(34)35-26-12-13-30(6)22-11-14-32(8)25-19-28(4,20-33)15-16-29(25,5)17-18-31(32,7)23(22)9-10-24(30)27(26,2)3/h20,24-26H,9-19H2,1-8H3/t24?,25-,26+,28-,29-,30-,31-,32+/m1/s1. The normalized spacial score (nSPS) is 50.8. The fourth-order valence-electron chi connectivity index (χ4n) is 10.8. The monoisotopic (exact) mass is 482 g/mol. The van der Waals surface area contributed by atoms with E-state index in [0.717, 1.165) is 25.7 Å². The van der Waals surface area contributed by atoms with Crippen molar-refractivity contribution < 1.29 is 14.3 Å². The van der Waals surface area contributed by atoms with Gasteiger partial charge in [0.15, 0.2) is 0 Å². The van der Waals surface area contributed by atoms with Crippen molar-refractivity contribution in [3.8, 4) is 0 Å². The molecule has 3 fully saturated rings. The molecule has 0 radical (unpaired) electrons. The minimum absolute atomic E-state index is 0.000857. The molecule has 0 heterocycles. The molecule has 1 unspecified atom stereocenters. The number of allylic oxidation sites excluding steroid dienone is 2. The predicted molar refractivity (Wildman–Crippen MR) is 141 cm³/mol. The third-order valence-corrected chi connectivity index (χ3v) is 13.3. The number of hydrogen-bond acceptors (Lipinski definition) is 3. The zero-order chi connectivity index (χ0) is 25.7. The zero-order valence-corrected chi connectivity index (χ0v) is 23.8. The van der Waals surface area contributed by atoms with Gasteiger partial charge in [0, 0.05) is 17.8 Å². The van der Waals surface area contributed by atoms with E-state index in [0.29, 0.717) is 17.3 Å². The summed E-state index contributed by atoms with van der Waals surface area (Å²) in [6.07, 6.45) is 14.2. The van der Waals surface area contributed by atoms with Gasteiger partial charge in [-0.15, -0.1) is 0 Å². The number of esters is 1. The lowest BCUT2D eigenvalue weighted by atomic mass is 9.35. The van der Waals surface area contributed by atoms with Crippen LogP contribution in [0.25, 0.3) is 0 Å². The second-order valence-corrected chi connectivity index (χ2v) is 15.4. The number of ether oxygens (including phenoxy) is 1. The molecule has 0 aliphatic heterocycles. The molecule has 8 atom stereocenters. The van der Waals surface area contributed by atoms with Gasteiger partial charge < -0.3 is 9.53 Å². The van der Waals surface area contributed by atoms with Gasteiger partial charge >= 0.3 is 5.97 Å². The van der Waals surface area contributed by atoms with Crippen molar-refractivity contribution in [3.63, 3.8) is 0 Å². The van der Waals surface area contributed by atoms with Crippen LogP contribution in [0.15, 0.2) is 11.1 Å². The summed E-state index contributed by atoms with van der Waals surface area (Å²) in [7, 11) is 0. The molecule has 0 aromatic rings. The Morgan fingerprint density at radius 3 is 2.17 bits per heavy atom. The summed E-state index contributed by atoms with van der Waals surface area (Å²) in [5.41, 5.74) is 4.51. The number of aldehydes is 1. The average Bonchev–Trinajstić information content (AvgIpc) is 2.78. The van der Waals surface area contributed by atoms with Crippen LogP contribution in [-0.4, -0.2) is 18.4 Å². The quantitative estimate of drug-likeness (QED) is 0.227. The molecule has 35 heavy (non-hydrogen) atoms. The van der Waals surface area contributed by atoms with Gasteiger partial charge in [0.25, 0.3) is 0 Å². The van der Waals surface area contributed by atoms with Crippen LogP contribution >= 0.6 is 0 Å². The van der Waals surface area contributed by atoms with E-state index in [4.69, 9.17) is 4.74 Å². The van der Waals surface area contributed by atoms with Crippen molar-refractivity contribution in [3.05, 3.63) is 11.1 Å². The fourth-order valence-corrected chi connectivity index (χ4v) is 10.8. The lowest BCUT2D eigenvalue weighted by molar-refractivity contribution is -0.171. The molecule has 0 spiro atoms. The first-order chi connectivity index (χ1) is 16.2. The van der Waals surface area contributed by atoms with Gasteiger partial charge in [0.05, 0.1) is 0 Å². The molecule has 0 bridgehead atoms. The van der Waals surface area contributed by atoms with Crippen LogP contribution in [0.1, 0.15) is 126 Å². The van der Waals surface area contributed by atoms with Crippen LogP contribution in [0.3, 0.4) is 0 Å². The van der Waals surface area contributed by atoms with Gasteiger partial charge in [-0.25, -0.2) is 0 Å². The van der Waals surface area contributed by atoms with Crippen molar-refractivity contribution in [1.82, 2.24) is 0 Å². The minimum Gasteiger partial charge on any atom is -0.462 e. The van der Waals surface area contributed by atoms with E-state index in [2.05, 4.69) is 48.5 Å². The molecule has 3 heteroatoms. The molecule has 5 rings (SSSR count). The molecule has 3 nitrogen and oxygen atoms in total. The van der Waals surface area contributed by atoms with E-state index in [1.54, 1.807) is 18.1 Å². The van der Waals surface area contributed by atoms with E-state index < -0.39 is 0 Å². The van der Waals surface area contributed by atoms with Crippen LogP contribution in [0.2, 0.25) is 0 Å². The van der Waals surface area contributed by atoms with Gasteiger partial charge in [0.1, 0.15) is 12.4 Å². The number of rotatable bonds is 2. The molecular formula is C32H50O3. The molecule has 0 saturated heterocycles. The maximum atomic E-state index is 12.1. The Morgan fingerprint density at radius 2 is 1.51 bits per heavy atom. The summed E-state index contributed by atoms with van der Waals surface area (Å²) in [5.74, 6) is 1.04. The first-order valence-electron chi connectivity index (χ1n) is 14.5. The van der Waals surface area contributed by atoms with Crippen LogP contribution in [0, 0.1) is 44.3 Å². The van der Waals surface area contributed by atoms with E-state index in [-0.39, 0.29) is 39.1 Å². The van der Waals surface area contributed by atoms with E-state index in [9.17, 15) is 9.59 Å². The van der Waals surface area contributed by atoms with Crippen molar-refractivity contribution in [1.29, 1.82) is 0 Å². The highest BCUT2D eigenvalue weighted by Crippen LogP contribution is 2.75. The first-order valence-corrected chi connectivity index (χ1v) is 14.5. The van der Waals surface area contributed by atoms with Crippen LogP contribution in [0.4, 0.5) is 0 Å². The van der Waals surface area contributed by atoms with Crippen molar-refractivity contribution >= 4 is 12.3 Å². The van der Waals surface area contributed by atoms with Gasteiger partial charge in [-0.05, 0) is 104 Å². The smallest absolute Gasteiger partial charge is 0.302 e. The lowest BCUT2D eigenvalue weighted by Gasteiger charge is -2.69. The second kappa shape index (κ2) is 7.70. The lowest BCUT2D eigenvalue weighted by Crippen LogP contribution is -2.61. The number of carbonyl (C=O) groups excluding carboxylic acids is 2. The fraction of sp³-hybridized carbons (Fsp3) is 0.875. The van der Waals surface area contributed by atoms with Crippen LogP contribution < -0.4 is 0 Å². The summed E-state index contributed by atoms with van der Waals surface area (Å²) in [6.45, 7) is 18.8. The summed E-state index contributed by atoms with van der Waals surface area (Å²) in [4.78, 5) is 24.0. The Bertz CT molecular complexity index is 962. The molecule has 0 amide bonds. The Hall–Kier alpha value is -1.12. The number of carbonyl (C=O) groups is 2. The van der Waals surface area contributed by atoms with Gasteiger partial charge in [-0.2, -0.15) is 0 Å². The Morgan fingerprint density at radius 1 is 0.829 bits per heavy atom. The van der Waals surface area contributed by atoms with Gasteiger partial charge in [0.2, 0.25) is 0 Å². The highest BCUT2D eigenvalue weighted by Gasteiger charge is 2.66. The van der Waals surface area contributed by atoms with Crippen molar-refractivity contribution in [2.75, 3.05) is 0 Å². The molecular weight excluding hydrogens is 432 g/mol. The maximum absolute atomic E-state index is 12.1. The predicted octanol–water partition coefficient (Wildman–Crippen LogP) is 8.06. The minimum atomic E-state index is -0.150. The van der Waals surface area contributed by atoms with E-state index in [1.807, 2.05) is 0 Å². The summed E-state index contributed by atoms with van der Waals surface area (Å²) in [5, 5.41) is 0. The van der Waals surface area contributed by atoms with Crippen molar-refractivity contribution in [2.45, 2.75) is 132 Å². The molecule has 5 aliphatic carbocycles. The summed E-state index contributed by atoms with van der Waals surface area (Å²) >= 11 is 0. The van der Waals surface area contributed by atoms with Gasteiger partial charge in [-0.1, -0.05) is 59.6 Å². The topological polar surface area (TPSA) is 43.4 Å². The maximum Gasteiger partial charge on any atom is 0.302 e. The molecule has 0 N–H and O–H groups in total. The zero-order valence-electron chi connectivity index (χ0n) is 23.8. The summed E-state index contributed by atoms with van der Waals surface area (Å²) < 4.78 is 5.88. The average molecular weight is 483 g/mol.